The third-order valence-electron chi connectivity index (χ3n) is 1.97. The minimum absolute atomic E-state index is 0.729. The van der Waals surface area contributed by atoms with Crippen LogP contribution in [-0.4, -0.2) is 6.29 Å². The number of carbonyl (C=O) groups is 1. The molecule has 0 bridgehead atoms. The Kier molecular flexibility index (Phi) is 5.35. The maximum Gasteiger partial charge on any atom is 0.150 e. The van der Waals surface area contributed by atoms with Gasteiger partial charge in [-0.3, -0.25) is 4.79 Å². The van der Waals surface area contributed by atoms with E-state index in [0.717, 1.165) is 11.8 Å². The van der Waals surface area contributed by atoms with Crippen molar-refractivity contribution in [3.8, 4) is 0 Å². The van der Waals surface area contributed by atoms with Crippen LogP contribution in [0.3, 0.4) is 0 Å². The zero-order chi connectivity index (χ0) is 11.6. The van der Waals surface area contributed by atoms with Crippen LogP contribution in [-0.2, 0) is 0 Å². The van der Waals surface area contributed by atoms with Crippen molar-refractivity contribution >= 4 is 12.4 Å². The van der Waals surface area contributed by atoms with Crippen molar-refractivity contribution in [2.24, 2.45) is 0 Å². The first-order valence-electron chi connectivity index (χ1n) is 5.04. The molecule has 1 heteroatoms. The van der Waals surface area contributed by atoms with Crippen molar-refractivity contribution in [3.63, 3.8) is 0 Å². The molecule has 0 saturated carbocycles. The van der Waals surface area contributed by atoms with Gasteiger partial charge in [-0.1, -0.05) is 73.3 Å². The molecule has 0 spiro atoms. The summed E-state index contributed by atoms with van der Waals surface area (Å²) in [6.07, 6.45) is 2.67. The largest absolute Gasteiger partial charge is 0.298 e. The number of carbonyl (C=O) groups excluding carboxylic acids is 1. The molecule has 0 fully saturated rings. The highest BCUT2D eigenvalue weighted by atomic mass is 16.1. The Morgan fingerprint density at radius 3 is 1.44 bits per heavy atom. The number of aldehydes is 1. The van der Waals surface area contributed by atoms with Crippen LogP contribution in [0, 0.1) is 0 Å². The van der Waals surface area contributed by atoms with Crippen molar-refractivity contribution in [1.82, 2.24) is 0 Å². The Hall–Kier alpha value is -2.15. The summed E-state index contributed by atoms with van der Waals surface area (Å²) in [7, 11) is 0. The van der Waals surface area contributed by atoms with Crippen LogP contribution in [0.15, 0.2) is 67.2 Å². The van der Waals surface area contributed by atoms with E-state index in [2.05, 4.69) is 6.58 Å². The van der Waals surface area contributed by atoms with E-state index < -0.39 is 0 Å². The minimum Gasteiger partial charge on any atom is -0.298 e. The Bertz CT molecular complexity index is 374. The fourth-order valence-electron chi connectivity index (χ4n) is 1.12. The van der Waals surface area contributed by atoms with E-state index in [1.54, 1.807) is 12.1 Å². The zero-order valence-corrected chi connectivity index (χ0v) is 9.04. The van der Waals surface area contributed by atoms with Crippen LogP contribution < -0.4 is 0 Å². The summed E-state index contributed by atoms with van der Waals surface area (Å²) in [6, 6.07) is 19.1. The summed E-state index contributed by atoms with van der Waals surface area (Å²) in [5, 5.41) is 0. The van der Waals surface area contributed by atoms with Crippen LogP contribution in [0.5, 0.6) is 0 Å². The van der Waals surface area contributed by atoms with E-state index in [1.807, 2.05) is 54.6 Å². The van der Waals surface area contributed by atoms with Crippen LogP contribution in [0.4, 0.5) is 0 Å². The molecule has 0 unspecified atom stereocenters. The Morgan fingerprint density at radius 1 is 0.750 bits per heavy atom. The van der Waals surface area contributed by atoms with Crippen LogP contribution >= 0.6 is 0 Å². The van der Waals surface area contributed by atoms with E-state index in [9.17, 15) is 4.79 Å². The standard InChI is InChI=1S/C8H8.C7H6O/c1-2-8-6-4-3-5-7-8;8-6-7-4-2-1-3-5-7/h2-7H,1H2;1-6H. The van der Waals surface area contributed by atoms with Gasteiger partial charge in [0.1, 0.15) is 6.29 Å². The molecule has 0 atom stereocenters. The topological polar surface area (TPSA) is 17.1 Å². The molecule has 0 aromatic heterocycles. The van der Waals surface area contributed by atoms with Crippen molar-refractivity contribution < 1.29 is 4.79 Å². The van der Waals surface area contributed by atoms with E-state index >= 15 is 0 Å². The molecule has 0 radical (unpaired) electrons. The Morgan fingerprint density at radius 2 is 1.19 bits per heavy atom. The first-order valence-corrected chi connectivity index (χ1v) is 5.04. The van der Waals surface area contributed by atoms with Crippen LogP contribution in [0.1, 0.15) is 15.9 Å². The monoisotopic (exact) mass is 210 g/mol. The molecule has 0 aliphatic heterocycles. The van der Waals surface area contributed by atoms with E-state index in [4.69, 9.17) is 0 Å². The highest BCUT2D eigenvalue weighted by Crippen LogP contribution is 1.97. The molecule has 16 heavy (non-hydrogen) atoms. The second kappa shape index (κ2) is 7.18. The van der Waals surface area contributed by atoms with Gasteiger partial charge in [0.15, 0.2) is 0 Å². The molecular formula is C15H14O. The molecule has 2 rings (SSSR count). The maximum atomic E-state index is 10.0. The molecule has 0 amide bonds. The molecule has 0 aliphatic carbocycles. The second-order valence-electron chi connectivity index (χ2n) is 3.14. The van der Waals surface area contributed by atoms with Gasteiger partial charge in [-0.25, -0.2) is 0 Å². The molecule has 80 valence electrons. The normalized spacial score (nSPS) is 8.50. The zero-order valence-electron chi connectivity index (χ0n) is 9.04. The summed E-state index contributed by atoms with van der Waals surface area (Å²) in [5.41, 5.74) is 1.90. The highest BCUT2D eigenvalue weighted by Gasteiger charge is 1.80. The number of hydrogen-bond acceptors (Lipinski definition) is 1. The quantitative estimate of drug-likeness (QED) is 0.688. The summed E-state index contributed by atoms with van der Waals surface area (Å²) in [4.78, 5) is 10.0. The van der Waals surface area contributed by atoms with Crippen LogP contribution in [0.25, 0.3) is 6.08 Å². The molecule has 0 N–H and O–H groups in total. The average Bonchev–Trinajstić information content (AvgIpc) is 2.41. The molecule has 2 aromatic carbocycles. The maximum absolute atomic E-state index is 10.0. The fourth-order valence-corrected chi connectivity index (χ4v) is 1.12. The van der Waals surface area contributed by atoms with E-state index in [-0.39, 0.29) is 0 Å². The van der Waals surface area contributed by atoms with Gasteiger partial charge in [-0.15, -0.1) is 0 Å². The molecule has 0 heterocycles. The smallest absolute Gasteiger partial charge is 0.150 e. The van der Waals surface area contributed by atoms with Gasteiger partial charge in [0.05, 0.1) is 0 Å². The summed E-state index contributed by atoms with van der Waals surface area (Å²) in [6.45, 7) is 3.63. The van der Waals surface area contributed by atoms with Gasteiger partial charge in [0, 0.05) is 5.56 Å². The average molecular weight is 210 g/mol. The summed E-state index contributed by atoms with van der Waals surface area (Å²) >= 11 is 0. The van der Waals surface area contributed by atoms with Gasteiger partial charge < -0.3 is 0 Å². The second-order valence-corrected chi connectivity index (χ2v) is 3.14. The van der Waals surface area contributed by atoms with Gasteiger partial charge in [0.25, 0.3) is 0 Å². The van der Waals surface area contributed by atoms with Gasteiger partial charge in [-0.05, 0) is 5.56 Å². The minimum atomic E-state index is 0.729. The van der Waals surface area contributed by atoms with Gasteiger partial charge >= 0.3 is 0 Å². The van der Waals surface area contributed by atoms with E-state index in [1.165, 1.54) is 5.56 Å². The van der Waals surface area contributed by atoms with E-state index in [0.29, 0.717) is 0 Å². The number of hydrogen-bond donors (Lipinski definition) is 0. The summed E-state index contributed by atoms with van der Waals surface area (Å²) < 4.78 is 0. The highest BCUT2D eigenvalue weighted by molar-refractivity contribution is 5.74. The SMILES string of the molecule is C=Cc1ccccc1.O=Cc1ccccc1. The lowest BCUT2D eigenvalue weighted by atomic mass is 10.2. The first kappa shape index (κ1) is 11.9. The lowest BCUT2D eigenvalue weighted by Crippen LogP contribution is -1.73. The molecular weight excluding hydrogens is 196 g/mol. The Balaban J connectivity index is 0.000000160. The van der Waals surface area contributed by atoms with Crippen molar-refractivity contribution in [3.05, 3.63) is 78.4 Å². The molecule has 0 saturated heterocycles. The first-order chi connectivity index (χ1) is 7.86. The van der Waals surface area contributed by atoms with Crippen molar-refractivity contribution in [2.45, 2.75) is 0 Å². The summed E-state index contributed by atoms with van der Waals surface area (Å²) in [5.74, 6) is 0. The van der Waals surface area contributed by atoms with Gasteiger partial charge in [-0.2, -0.15) is 0 Å². The molecule has 1 nitrogen and oxygen atoms in total. The van der Waals surface area contributed by atoms with Crippen LogP contribution in [0.2, 0.25) is 0 Å². The van der Waals surface area contributed by atoms with Gasteiger partial charge in [0.2, 0.25) is 0 Å². The lowest BCUT2D eigenvalue weighted by molar-refractivity contribution is 0.112. The molecule has 0 aliphatic rings. The third kappa shape index (κ3) is 4.38. The lowest BCUT2D eigenvalue weighted by Gasteiger charge is -1.85. The predicted octanol–water partition coefficient (Wildman–Crippen LogP) is 3.83. The molecule has 2 aromatic rings. The van der Waals surface area contributed by atoms with Crippen molar-refractivity contribution in [1.29, 1.82) is 0 Å². The number of benzene rings is 2. The Labute approximate surface area is 96.1 Å². The fraction of sp³-hybridized carbons (Fsp3) is 0. The van der Waals surface area contributed by atoms with Crippen molar-refractivity contribution in [2.75, 3.05) is 0 Å². The third-order valence-corrected chi connectivity index (χ3v) is 1.97. The predicted molar refractivity (Wildman–Crippen MR) is 68.4 cm³/mol. The number of rotatable bonds is 2.